The van der Waals surface area contributed by atoms with Crippen LogP contribution in [0.3, 0.4) is 0 Å². The van der Waals surface area contributed by atoms with Crippen LogP contribution in [0.25, 0.3) is 0 Å². The smallest absolute Gasteiger partial charge is 0.253 e. The van der Waals surface area contributed by atoms with Gasteiger partial charge in [-0.2, -0.15) is 0 Å². The number of nitrogens with zero attached hydrogens (tertiary/aromatic N) is 1. The van der Waals surface area contributed by atoms with E-state index in [4.69, 9.17) is 0 Å². The van der Waals surface area contributed by atoms with Crippen molar-refractivity contribution < 1.29 is 4.79 Å². The Morgan fingerprint density at radius 2 is 2.23 bits per heavy atom. The van der Waals surface area contributed by atoms with E-state index in [-0.39, 0.29) is 11.9 Å². The van der Waals surface area contributed by atoms with Crippen LogP contribution in [0.4, 0.5) is 0 Å². The summed E-state index contributed by atoms with van der Waals surface area (Å²) in [5, 5.41) is 2.78. The molecule has 1 aromatic heterocycles. The van der Waals surface area contributed by atoms with Gasteiger partial charge in [0.05, 0.1) is 5.56 Å². The van der Waals surface area contributed by atoms with E-state index in [0.29, 0.717) is 5.56 Å². The third-order valence-electron chi connectivity index (χ3n) is 1.41. The maximum Gasteiger partial charge on any atom is 0.253 e. The van der Waals surface area contributed by atoms with E-state index in [2.05, 4.69) is 26.2 Å². The summed E-state index contributed by atoms with van der Waals surface area (Å²) in [6.07, 6.45) is 1.54. The van der Waals surface area contributed by atoms with E-state index in [1.165, 1.54) is 0 Å². The highest BCUT2D eigenvalue weighted by atomic mass is 79.9. The first-order chi connectivity index (χ1) is 6.09. The molecule has 0 fully saturated rings. The minimum Gasteiger partial charge on any atom is -0.350 e. The second-order valence-corrected chi connectivity index (χ2v) is 3.81. The van der Waals surface area contributed by atoms with Crippen molar-refractivity contribution in [1.29, 1.82) is 0 Å². The molecule has 0 bridgehead atoms. The molecule has 1 rings (SSSR count). The van der Waals surface area contributed by atoms with Crippen LogP contribution in [-0.4, -0.2) is 16.9 Å². The first kappa shape index (κ1) is 10.2. The van der Waals surface area contributed by atoms with E-state index < -0.39 is 0 Å². The lowest BCUT2D eigenvalue weighted by atomic mass is 10.2. The Balaban J connectivity index is 2.72. The Labute approximate surface area is 85.7 Å². The fourth-order valence-corrected chi connectivity index (χ4v) is 1.09. The quantitative estimate of drug-likeness (QED) is 0.807. The summed E-state index contributed by atoms with van der Waals surface area (Å²) >= 11 is 3.20. The maximum atomic E-state index is 11.4. The number of carbonyl (C=O) groups is 1. The van der Waals surface area contributed by atoms with Gasteiger partial charge in [-0.25, -0.2) is 4.98 Å². The molecule has 1 heterocycles. The fraction of sp³-hybridized carbons (Fsp3) is 0.333. The summed E-state index contributed by atoms with van der Waals surface area (Å²) in [5.74, 6) is -0.0880. The summed E-state index contributed by atoms with van der Waals surface area (Å²) in [6, 6.07) is 3.63. The summed E-state index contributed by atoms with van der Waals surface area (Å²) < 4.78 is 0.730. The molecule has 0 unspecified atom stereocenters. The van der Waals surface area contributed by atoms with Crippen molar-refractivity contribution in [1.82, 2.24) is 10.3 Å². The van der Waals surface area contributed by atoms with Gasteiger partial charge in [0.1, 0.15) is 4.60 Å². The third kappa shape index (κ3) is 3.14. The summed E-state index contributed by atoms with van der Waals surface area (Å²) in [7, 11) is 0. The molecule has 1 amide bonds. The molecule has 0 aliphatic carbocycles. The molecule has 0 atom stereocenters. The minimum absolute atomic E-state index is 0.0880. The van der Waals surface area contributed by atoms with Crippen LogP contribution in [0.2, 0.25) is 0 Å². The molecule has 0 aliphatic rings. The van der Waals surface area contributed by atoms with Gasteiger partial charge in [0.25, 0.3) is 5.91 Å². The van der Waals surface area contributed by atoms with Crippen molar-refractivity contribution in [2.45, 2.75) is 19.9 Å². The van der Waals surface area contributed by atoms with Crippen LogP contribution < -0.4 is 5.32 Å². The molecule has 0 spiro atoms. The van der Waals surface area contributed by atoms with Crippen molar-refractivity contribution in [3.63, 3.8) is 0 Å². The van der Waals surface area contributed by atoms with Gasteiger partial charge in [-0.1, -0.05) is 0 Å². The zero-order valence-corrected chi connectivity index (χ0v) is 9.13. The van der Waals surface area contributed by atoms with E-state index >= 15 is 0 Å². The lowest BCUT2D eigenvalue weighted by Gasteiger charge is -2.07. The van der Waals surface area contributed by atoms with Gasteiger partial charge in [-0.3, -0.25) is 4.79 Å². The molecule has 3 nitrogen and oxygen atoms in total. The van der Waals surface area contributed by atoms with Crippen molar-refractivity contribution in [3.05, 3.63) is 28.5 Å². The molecular weight excluding hydrogens is 232 g/mol. The molecular formula is C9H11BrN2O. The summed E-state index contributed by atoms with van der Waals surface area (Å²) in [4.78, 5) is 15.4. The highest BCUT2D eigenvalue weighted by Gasteiger charge is 2.06. The molecule has 70 valence electrons. The lowest BCUT2D eigenvalue weighted by molar-refractivity contribution is 0.0942. The van der Waals surface area contributed by atoms with Crippen molar-refractivity contribution >= 4 is 21.8 Å². The molecule has 0 radical (unpaired) electrons. The van der Waals surface area contributed by atoms with E-state index in [0.717, 1.165) is 4.60 Å². The van der Waals surface area contributed by atoms with Gasteiger partial charge in [-0.05, 0) is 41.9 Å². The Morgan fingerprint density at radius 1 is 1.54 bits per heavy atom. The minimum atomic E-state index is -0.0880. The number of aromatic nitrogens is 1. The standard InChI is InChI=1S/C9H11BrN2O/c1-6(2)12-9(13)7-3-4-8(10)11-5-7/h3-6H,1-2H3,(H,12,13). The third-order valence-corrected chi connectivity index (χ3v) is 1.88. The van der Waals surface area contributed by atoms with Gasteiger partial charge >= 0.3 is 0 Å². The number of hydrogen-bond acceptors (Lipinski definition) is 2. The SMILES string of the molecule is CC(C)NC(=O)c1ccc(Br)nc1. The second kappa shape index (κ2) is 4.37. The molecule has 1 aromatic rings. The second-order valence-electron chi connectivity index (χ2n) is 3.00. The number of hydrogen-bond donors (Lipinski definition) is 1. The van der Waals surface area contributed by atoms with Crippen LogP contribution in [0.5, 0.6) is 0 Å². The van der Waals surface area contributed by atoms with Gasteiger partial charge in [0.15, 0.2) is 0 Å². The summed E-state index contributed by atoms with van der Waals surface area (Å²) in [5.41, 5.74) is 0.580. The van der Waals surface area contributed by atoms with Crippen LogP contribution >= 0.6 is 15.9 Å². The molecule has 13 heavy (non-hydrogen) atoms. The predicted molar refractivity (Wildman–Crippen MR) is 54.5 cm³/mol. The Hall–Kier alpha value is -0.900. The number of rotatable bonds is 2. The predicted octanol–water partition coefficient (Wildman–Crippen LogP) is 1.98. The Morgan fingerprint density at radius 3 is 2.69 bits per heavy atom. The molecule has 0 saturated heterocycles. The van der Waals surface area contributed by atoms with Crippen molar-refractivity contribution in [2.24, 2.45) is 0 Å². The number of carbonyl (C=O) groups excluding carboxylic acids is 1. The molecule has 1 N–H and O–H groups in total. The van der Waals surface area contributed by atoms with Crippen LogP contribution in [0.1, 0.15) is 24.2 Å². The van der Waals surface area contributed by atoms with E-state index in [1.54, 1.807) is 18.3 Å². The van der Waals surface area contributed by atoms with Crippen LogP contribution in [0, 0.1) is 0 Å². The van der Waals surface area contributed by atoms with E-state index in [9.17, 15) is 4.79 Å². The molecule has 0 saturated carbocycles. The van der Waals surface area contributed by atoms with Crippen molar-refractivity contribution in [2.75, 3.05) is 0 Å². The number of nitrogens with one attached hydrogen (secondary N) is 1. The van der Waals surface area contributed by atoms with Crippen LogP contribution in [-0.2, 0) is 0 Å². The monoisotopic (exact) mass is 242 g/mol. The summed E-state index contributed by atoms with van der Waals surface area (Å²) in [6.45, 7) is 3.84. The fourth-order valence-electron chi connectivity index (χ4n) is 0.856. The Bertz CT molecular complexity index is 295. The number of pyridine rings is 1. The highest BCUT2D eigenvalue weighted by molar-refractivity contribution is 9.10. The topological polar surface area (TPSA) is 42.0 Å². The largest absolute Gasteiger partial charge is 0.350 e. The van der Waals surface area contributed by atoms with Gasteiger partial charge in [0.2, 0.25) is 0 Å². The number of amides is 1. The van der Waals surface area contributed by atoms with Gasteiger partial charge in [-0.15, -0.1) is 0 Å². The normalized spacial score (nSPS) is 10.2. The highest BCUT2D eigenvalue weighted by Crippen LogP contribution is 2.06. The van der Waals surface area contributed by atoms with Gasteiger partial charge < -0.3 is 5.32 Å². The number of halogens is 1. The first-order valence-corrected chi connectivity index (χ1v) is 4.81. The van der Waals surface area contributed by atoms with Crippen molar-refractivity contribution in [3.8, 4) is 0 Å². The molecule has 0 aliphatic heterocycles. The molecule has 0 aromatic carbocycles. The lowest BCUT2D eigenvalue weighted by Crippen LogP contribution is -2.30. The Kier molecular flexibility index (Phi) is 3.42. The average Bonchev–Trinajstić information content (AvgIpc) is 2.04. The molecule has 4 heteroatoms. The zero-order chi connectivity index (χ0) is 9.84. The average molecular weight is 243 g/mol. The zero-order valence-electron chi connectivity index (χ0n) is 7.54. The maximum absolute atomic E-state index is 11.4. The van der Waals surface area contributed by atoms with Crippen LogP contribution in [0.15, 0.2) is 22.9 Å². The first-order valence-electron chi connectivity index (χ1n) is 4.02. The van der Waals surface area contributed by atoms with Gasteiger partial charge in [0, 0.05) is 12.2 Å². The van der Waals surface area contributed by atoms with E-state index in [1.807, 2.05) is 13.8 Å².